The minimum Gasteiger partial charge on any atom is -0.390 e. The highest BCUT2D eigenvalue weighted by molar-refractivity contribution is 4.87. The van der Waals surface area contributed by atoms with Crippen LogP contribution in [0.4, 0.5) is 4.39 Å². The van der Waals surface area contributed by atoms with E-state index in [4.69, 9.17) is 0 Å². The Bertz CT molecular complexity index is 261. The van der Waals surface area contributed by atoms with E-state index in [0.717, 1.165) is 50.6 Å². The monoisotopic (exact) mass is 284 g/mol. The first kappa shape index (κ1) is 14.7. The van der Waals surface area contributed by atoms with E-state index >= 15 is 0 Å². The lowest BCUT2D eigenvalue weighted by Gasteiger charge is -2.41. The third-order valence-electron chi connectivity index (χ3n) is 5.80. The van der Waals surface area contributed by atoms with Crippen LogP contribution in [0.15, 0.2) is 0 Å². The molecule has 116 valence electrons. The molecular formula is C16H29FN2O. The Hall–Kier alpha value is -0.190. The van der Waals surface area contributed by atoms with Crippen LogP contribution in [0.5, 0.6) is 0 Å². The van der Waals surface area contributed by atoms with Crippen LogP contribution in [0.1, 0.15) is 51.4 Å². The van der Waals surface area contributed by atoms with E-state index in [1.807, 2.05) is 0 Å². The molecule has 3 nitrogen and oxygen atoms in total. The van der Waals surface area contributed by atoms with Crippen LogP contribution in [0.3, 0.4) is 0 Å². The molecule has 0 radical (unpaired) electrons. The van der Waals surface area contributed by atoms with Gasteiger partial charge in [-0.3, -0.25) is 10.6 Å². The molecule has 0 aromatic carbocycles. The second-order valence-electron chi connectivity index (χ2n) is 7.13. The number of aliphatic hydroxyl groups excluding tert-OH is 1. The van der Waals surface area contributed by atoms with E-state index < -0.39 is 6.17 Å². The first-order chi connectivity index (χ1) is 9.72. The van der Waals surface area contributed by atoms with Gasteiger partial charge in [0.2, 0.25) is 0 Å². The molecule has 1 heterocycles. The maximum absolute atomic E-state index is 13.2. The summed E-state index contributed by atoms with van der Waals surface area (Å²) in [5.74, 6) is 2.33. The Morgan fingerprint density at radius 2 is 1.15 bits per heavy atom. The molecule has 0 atom stereocenters. The number of β-amino-alcohol motifs (C(OH)–C–C–N with tert-alkyl or cyclic N) is 1. The third kappa shape index (κ3) is 3.52. The summed E-state index contributed by atoms with van der Waals surface area (Å²) >= 11 is 0. The Morgan fingerprint density at radius 1 is 0.700 bits per heavy atom. The molecule has 0 spiro atoms. The van der Waals surface area contributed by atoms with Crippen LogP contribution in [0, 0.1) is 17.8 Å². The van der Waals surface area contributed by atoms with Crippen molar-refractivity contribution >= 4 is 0 Å². The van der Waals surface area contributed by atoms with E-state index in [9.17, 15) is 9.50 Å². The topological polar surface area (TPSA) is 44.3 Å². The molecule has 3 fully saturated rings. The van der Waals surface area contributed by atoms with Crippen molar-refractivity contribution in [1.29, 1.82) is 0 Å². The molecule has 0 aromatic rings. The van der Waals surface area contributed by atoms with E-state index in [1.54, 1.807) is 0 Å². The van der Waals surface area contributed by atoms with Gasteiger partial charge in [0.05, 0.1) is 12.3 Å². The number of halogens is 1. The fraction of sp³-hybridized carbons (Fsp3) is 1.00. The summed E-state index contributed by atoms with van der Waals surface area (Å²) in [5, 5.41) is 16.4. The zero-order chi connectivity index (χ0) is 13.9. The molecule has 2 aliphatic carbocycles. The van der Waals surface area contributed by atoms with Crippen molar-refractivity contribution in [2.75, 3.05) is 13.1 Å². The van der Waals surface area contributed by atoms with Gasteiger partial charge < -0.3 is 5.11 Å². The van der Waals surface area contributed by atoms with Crippen LogP contribution in [-0.2, 0) is 0 Å². The SMILES string of the molecule is OC1CNC(C2CCC(C3CCC(F)CC3)CC2)NC1. The molecular weight excluding hydrogens is 255 g/mol. The first-order valence-corrected chi connectivity index (χ1v) is 8.51. The Balaban J connectivity index is 1.42. The average Bonchev–Trinajstić information content (AvgIpc) is 2.49. The van der Waals surface area contributed by atoms with Crippen molar-refractivity contribution in [2.24, 2.45) is 17.8 Å². The van der Waals surface area contributed by atoms with E-state index in [0.29, 0.717) is 12.1 Å². The van der Waals surface area contributed by atoms with Crippen LogP contribution in [0.2, 0.25) is 0 Å². The van der Waals surface area contributed by atoms with Gasteiger partial charge in [-0.2, -0.15) is 0 Å². The number of alkyl halides is 1. The van der Waals surface area contributed by atoms with Gasteiger partial charge in [-0.25, -0.2) is 4.39 Å². The van der Waals surface area contributed by atoms with Crippen LogP contribution < -0.4 is 10.6 Å². The smallest absolute Gasteiger partial charge is 0.100 e. The van der Waals surface area contributed by atoms with Gasteiger partial charge in [0.1, 0.15) is 6.17 Å². The Kier molecular flexibility index (Phi) is 4.95. The van der Waals surface area contributed by atoms with Crippen molar-refractivity contribution in [2.45, 2.75) is 69.8 Å². The van der Waals surface area contributed by atoms with Gasteiger partial charge in [-0.1, -0.05) is 0 Å². The van der Waals surface area contributed by atoms with Gasteiger partial charge in [0.25, 0.3) is 0 Å². The van der Waals surface area contributed by atoms with Crippen LogP contribution in [-0.4, -0.2) is 36.6 Å². The lowest BCUT2D eigenvalue weighted by Crippen LogP contribution is -2.58. The van der Waals surface area contributed by atoms with Gasteiger partial charge in [0.15, 0.2) is 0 Å². The molecule has 3 N–H and O–H groups in total. The van der Waals surface area contributed by atoms with Crippen LogP contribution >= 0.6 is 0 Å². The quantitative estimate of drug-likeness (QED) is 0.728. The molecule has 3 rings (SSSR count). The minimum absolute atomic E-state index is 0.238. The predicted octanol–water partition coefficient (Wildman–Crippen LogP) is 2.20. The van der Waals surface area contributed by atoms with E-state index in [1.165, 1.54) is 25.7 Å². The van der Waals surface area contributed by atoms with Crippen LogP contribution in [0.25, 0.3) is 0 Å². The summed E-state index contributed by atoms with van der Waals surface area (Å²) in [4.78, 5) is 0. The van der Waals surface area contributed by atoms with Crippen molar-refractivity contribution in [3.05, 3.63) is 0 Å². The summed E-state index contributed by atoms with van der Waals surface area (Å²) in [6.45, 7) is 1.44. The maximum atomic E-state index is 13.2. The maximum Gasteiger partial charge on any atom is 0.100 e. The summed E-state index contributed by atoms with van der Waals surface area (Å²) in [6.07, 6.45) is 8.64. The molecule has 0 amide bonds. The van der Waals surface area contributed by atoms with Crippen molar-refractivity contribution in [3.8, 4) is 0 Å². The molecule has 0 unspecified atom stereocenters. The summed E-state index contributed by atoms with van der Waals surface area (Å²) < 4.78 is 13.2. The Morgan fingerprint density at radius 3 is 1.70 bits per heavy atom. The van der Waals surface area contributed by atoms with Gasteiger partial charge >= 0.3 is 0 Å². The van der Waals surface area contributed by atoms with Crippen molar-refractivity contribution in [1.82, 2.24) is 10.6 Å². The van der Waals surface area contributed by atoms with E-state index in [-0.39, 0.29) is 6.10 Å². The third-order valence-corrected chi connectivity index (χ3v) is 5.80. The van der Waals surface area contributed by atoms with E-state index in [2.05, 4.69) is 10.6 Å². The normalized spacial score (nSPS) is 47.1. The molecule has 0 bridgehead atoms. The molecule has 0 aromatic heterocycles. The highest BCUT2D eigenvalue weighted by Crippen LogP contribution is 2.41. The number of hydrogen-bond donors (Lipinski definition) is 3. The molecule has 1 aliphatic heterocycles. The molecule has 4 heteroatoms. The Labute approximate surface area is 121 Å². The molecule has 1 saturated heterocycles. The number of aliphatic hydroxyl groups is 1. The number of hydrogen-bond acceptors (Lipinski definition) is 3. The zero-order valence-corrected chi connectivity index (χ0v) is 12.4. The summed E-state index contributed by atoms with van der Waals surface area (Å²) in [7, 11) is 0. The molecule has 20 heavy (non-hydrogen) atoms. The van der Waals surface area contributed by atoms with Gasteiger partial charge in [0, 0.05) is 13.1 Å². The number of rotatable bonds is 2. The largest absolute Gasteiger partial charge is 0.390 e. The fourth-order valence-electron chi connectivity index (χ4n) is 4.50. The first-order valence-electron chi connectivity index (χ1n) is 8.51. The second-order valence-corrected chi connectivity index (χ2v) is 7.13. The average molecular weight is 284 g/mol. The molecule has 3 aliphatic rings. The standard InChI is InChI=1S/C16H29FN2O/c17-14-7-5-12(6-8-14)11-1-3-13(4-2-11)16-18-9-15(20)10-19-16/h11-16,18-20H,1-10H2. The van der Waals surface area contributed by atoms with Gasteiger partial charge in [-0.05, 0) is 69.1 Å². The molecule has 2 saturated carbocycles. The minimum atomic E-state index is -0.523. The predicted molar refractivity (Wildman–Crippen MR) is 78.1 cm³/mol. The second kappa shape index (κ2) is 6.71. The highest BCUT2D eigenvalue weighted by atomic mass is 19.1. The van der Waals surface area contributed by atoms with Crippen molar-refractivity contribution in [3.63, 3.8) is 0 Å². The fourth-order valence-corrected chi connectivity index (χ4v) is 4.50. The highest BCUT2D eigenvalue weighted by Gasteiger charge is 2.34. The number of nitrogens with one attached hydrogen (secondary N) is 2. The summed E-state index contributed by atoms with van der Waals surface area (Å²) in [6, 6.07) is 0. The summed E-state index contributed by atoms with van der Waals surface area (Å²) in [5.41, 5.74) is 0. The lowest BCUT2D eigenvalue weighted by molar-refractivity contribution is 0.0810. The van der Waals surface area contributed by atoms with Crippen molar-refractivity contribution < 1.29 is 9.50 Å². The zero-order valence-electron chi connectivity index (χ0n) is 12.4. The lowest BCUT2D eigenvalue weighted by atomic mass is 9.70. The van der Waals surface area contributed by atoms with Gasteiger partial charge in [-0.15, -0.1) is 0 Å².